The fraction of sp³-hybridized carbons (Fsp3) is 0.364. The van der Waals surface area contributed by atoms with E-state index in [0.29, 0.717) is 5.56 Å². The van der Waals surface area contributed by atoms with Gasteiger partial charge in [0.2, 0.25) is 0 Å². The highest BCUT2D eigenvalue weighted by atomic mass is 16.6. The molecule has 81 valence electrons. The molecule has 15 heavy (non-hydrogen) atoms. The number of carbonyl (C=O) groups excluding carboxylic acids is 1. The summed E-state index contributed by atoms with van der Waals surface area (Å²) in [5, 5.41) is 10.6. The van der Waals surface area contributed by atoms with E-state index in [4.69, 9.17) is 9.47 Å². The zero-order valence-corrected chi connectivity index (χ0v) is 8.51. The van der Waals surface area contributed by atoms with Gasteiger partial charge in [-0.15, -0.1) is 0 Å². The first-order valence-corrected chi connectivity index (χ1v) is 4.61. The van der Waals surface area contributed by atoms with E-state index in [0.717, 1.165) is 0 Å². The van der Waals surface area contributed by atoms with Crippen molar-refractivity contribution in [1.29, 1.82) is 0 Å². The molecule has 0 aliphatic carbocycles. The van der Waals surface area contributed by atoms with E-state index in [-0.39, 0.29) is 6.61 Å². The minimum atomic E-state index is -0.720. The summed E-state index contributed by atoms with van der Waals surface area (Å²) in [5.74, 6) is -0.492. The summed E-state index contributed by atoms with van der Waals surface area (Å²) >= 11 is 0. The molecule has 0 aliphatic rings. The molecule has 0 fully saturated rings. The predicted octanol–water partition coefficient (Wildman–Crippen LogP) is 1.29. The Labute approximate surface area is 88.4 Å². The fourth-order valence-electron chi connectivity index (χ4n) is 1.10. The topological polar surface area (TPSA) is 55.4 Å². The first-order chi connectivity index (χ1) is 7.27. The van der Waals surface area contributed by atoms with Crippen LogP contribution in [-0.2, 0) is 14.6 Å². The van der Waals surface area contributed by atoms with Crippen LogP contribution in [0.3, 0.4) is 0 Å². The van der Waals surface area contributed by atoms with Crippen LogP contribution >= 0.6 is 0 Å². The molecular weight excluding hydrogens is 196 g/mol. The molecule has 1 radical (unpaired) electrons. The lowest BCUT2D eigenvalue weighted by Gasteiger charge is -2.13. The summed E-state index contributed by atoms with van der Waals surface area (Å²) in [6.07, 6.45) is -0.720. The third-order valence-electron chi connectivity index (χ3n) is 1.82. The molecule has 0 N–H and O–H groups in total. The van der Waals surface area contributed by atoms with Gasteiger partial charge in [0.1, 0.15) is 6.61 Å². The van der Waals surface area contributed by atoms with Gasteiger partial charge >= 0.3 is 5.97 Å². The van der Waals surface area contributed by atoms with Gasteiger partial charge in [-0.3, -0.25) is 0 Å². The third kappa shape index (κ3) is 3.69. The lowest BCUT2D eigenvalue weighted by molar-refractivity contribution is -0.0270. The van der Waals surface area contributed by atoms with Crippen LogP contribution in [0.2, 0.25) is 0 Å². The van der Waals surface area contributed by atoms with Crippen molar-refractivity contribution in [1.82, 2.24) is 0 Å². The van der Waals surface area contributed by atoms with E-state index in [1.807, 2.05) is 0 Å². The molecule has 4 nitrogen and oxygen atoms in total. The van der Waals surface area contributed by atoms with Crippen LogP contribution in [0.1, 0.15) is 10.4 Å². The summed E-state index contributed by atoms with van der Waals surface area (Å²) in [6.45, 7) is -0.367. The number of methoxy groups -OCH3 is 1. The zero-order valence-electron chi connectivity index (χ0n) is 8.51. The lowest BCUT2D eigenvalue weighted by atomic mass is 10.2. The molecule has 1 rings (SSSR count). The Morgan fingerprint density at radius 1 is 1.33 bits per heavy atom. The van der Waals surface area contributed by atoms with Gasteiger partial charge in [0, 0.05) is 7.11 Å². The average molecular weight is 209 g/mol. The van der Waals surface area contributed by atoms with Crippen molar-refractivity contribution in [2.75, 3.05) is 20.3 Å². The van der Waals surface area contributed by atoms with Gasteiger partial charge in [-0.1, -0.05) is 18.2 Å². The predicted molar refractivity (Wildman–Crippen MR) is 53.1 cm³/mol. The number of benzene rings is 1. The van der Waals surface area contributed by atoms with E-state index in [1.165, 1.54) is 7.11 Å². The minimum absolute atomic E-state index is 0.127. The molecule has 1 atom stereocenters. The molecule has 0 saturated carbocycles. The van der Waals surface area contributed by atoms with Crippen LogP contribution in [0.5, 0.6) is 0 Å². The second kappa shape index (κ2) is 6.16. The monoisotopic (exact) mass is 209 g/mol. The molecule has 1 unspecified atom stereocenters. The Morgan fingerprint density at radius 2 is 2.00 bits per heavy atom. The summed E-state index contributed by atoms with van der Waals surface area (Å²) in [5.41, 5.74) is 0.437. The SMILES string of the molecule is COCC(C[O])OC(=O)c1ccccc1. The van der Waals surface area contributed by atoms with Crippen LogP contribution in [0.25, 0.3) is 0 Å². The van der Waals surface area contributed by atoms with Gasteiger partial charge in [0.25, 0.3) is 0 Å². The smallest absolute Gasteiger partial charge is 0.338 e. The van der Waals surface area contributed by atoms with Gasteiger partial charge in [-0.25, -0.2) is 9.90 Å². The number of carbonyl (C=O) groups is 1. The largest absolute Gasteiger partial charge is 0.454 e. The van der Waals surface area contributed by atoms with E-state index in [2.05, 4.69) is 0 Å². The molecule has 0 saturated heterocycles. The van der Waals surface area contributed by atoms with Crippen LogP contribution in [-0.4, -0.2) is 32.4 Å². The highest BCUT2D eigenvalue weighted by molar-refractivity contribution is 5.89. The van der Waals surface area contributed by atoms with E-state index in [1.54, 1.807) is 30.3 Å². The van der Waals surface area contributed by atoms with Gasteiger partial charge in [0.15, 0.2) is 6.10 Å². The minimum Gasteiger partial charge on any atom is -0.454 e. The summed E-state index contributed by atoms with van der Waals surface area (Å²) < 4.78 is 9.70. The van der Waals surface area contributed by atoms with Crippen molar-refractivity contribution >= 4 is 5.97 Å². The van der Waals surface area contributed by atoms with Crippen molar-refractivity contribution in [2.45, 2.75) is 6.10 Å². The fourth-order valence-corrected chi connectivity index (χ4v) is 1.10. The van der Waals surface area contributed by atoms with Crippen molar-refractivity contribution in [3.63, 3.8) is 0 Å². The van der Waals surface area contributed by atoms with Gasteiger partial charge < -0.3 is 9.47 Å². The van der Waals surface area contributed by atoms with Crippen molar-refractivity contribution in [3.05, 3.63) is 35.9 Å². The van der Waals surface area contributed by atoms with Gasteiger partial charge in [0.05, 0.1) is 12.2 Å². The maximum Gasteiger partial charge on any atom is 0.338 e. The lowest BCUT2D eigenvalue weighted by Crippen LogP contribution is -2.26. The summed E-state index contributed by atoms with van der Waals surface area (Å²) in [7, 11) is 1.46. The molecule has 0 spiro atoms. The van der Waals surface area contributed by atoms with Gasteiger partial charge in [-0.05, 0) is 12.1 Å². The Hall–Kier alpha value is -1.39. The average Bonchev–Trinajstić information content (AvgIpc) is 2.29. The standard InChI is InChI=1S/C11H13O4/c1-14-8-10(7-12)15-11(13)9-5-3-2-4-6-9/h2-6,10H,7-8H2,1H3. The zero-order chi connectivity index (χ0) is 11.1. The highest BCUT2D eigenvalue weighted by Crippen LogP contribution is 2.04. The van der Waals surface area contributed by atoms with Gasteiger partial charge in [-0.2, -0.15) is 0 Å². The number of hydrogen-bond donors (Lipinski definition) is 0. The van der Waals surface area contributed by atoms with E-state index >= 15 is 0 Å². The number of ether oxygens (including phenoxy) is 2. The van der Waals surface area contributed by atoms with Crippen LogP contribution < -0.4 is 0 Å². The van der Waals surface area contributed by atoms with Crippen LogP contribution in [0.4, 0.5) is 0 Å². The third-order valence-corrected chi connectivity index (χ3v) is 1.82. The molecule has 1 aromatic carbocycles. The van der Waals surface area contributed by atoms with Crippen LogP contribution in [0, 0.1) is 0 Å². The van der Waals surface area contributed by atoms with Crippen molar-refractivity contribution < 1.29 is 19.4 Å². The van der Waals surface area contributed by atoms with Crippen molar-refractivity contribution in [3.8, 4) is 0 Å². The number of esters is 1. The first-order valence-electron chi connectivity index (χ1n) is 4.61. The van der Waals surface area contributed by atoms with E-state index < -0.39 is 18.7 Å². The molecule has 0 aromatic heterocycles. The molecular formula is C11H13O4. The Morgan fingerprint density at radius 3 is 2.53 bits per heavy atom. The molecule has 4 heteroatoms. The summed E-state index contributed by atoms with van der Waals surface area (Å²) in [6, 6.07) is 8.54. The van der Waals surface area contributed by atoms with Crippen LogP contribution in [0.15, 0.2) is 30.3 Å². The molecule has 0 aliphatic heterocycles. The molecule has 1 aromatic rings. The number of rotatable bonds is 5. The Bertz CT molecular complexity index is 297. The normalized spacial score (nSPS) is 12.1. The Kier molecular flexibility index (Phi) is 4.80. The maximum atomic E-state index is 11.5. The maximum absolute atomic E-state index is 11.5. The molecule has 0 heterocycles. The number of hydrogen-bond acceptors (Lipinski definition) is 3. The second-order valence-corrected chi connectivity index (χ2v) is 3.02. The van der Waals surface area contributed by atoms with E-state index in [9.17, 15) is 9.90 Å². The first kappa shape index (κ1) is 11.7. The second-order valence-electron chi connectivity index (χ2n) is 3.02. The Balaban J connectivity index is 2.55. The quantitative estimate of drug-likeness (QED) is 0.686. The summed E-state index contributed by atoms with van der Waals surface area (Å²) in [4.78, 5) is 11.5. The molecule has 0 bridgehead atoms. The van der Waals surface area contributed by atoms with Crippen molar-refractivity contribution in [2.24, 2.45) is 0 Å². The highest BCUT2D eigenvalue weighted by Gasteiger charge is 2.15. The molecule has 0 amide bonds.